The molecule has 0 aliphatic rings. The predicted octanol–water partition coefficient (Wildman–Crippen LogP) is 8.54. The Morgan fingerprint density at radius 1 is 1.00 bits per heavy atom. The standard InChI is InChI=1S/C32H21Cl3N4O6/c1-2-43-28-13-19(12-26(39(41)42)30(28)44-17-18-7-9-23(34)24(35)11-18)16-36-38-31(37-25-6-4-3-5-22(25)32(38)40)29-15-20-14-21(33)8-10-27(20)45-29/h3-16H,2,17H2,1H3. The number of nitro groups is 1. The molecule has 45 heavy (non-hydrogen) atoms. The third-order valence-corrected chi connectivity index (χ3v) is 7.67. The number of halogens is 3. The van der Waals surface area contributed by atoms with E-state index in [1.165, 1.54) is 18.3 Å². The van der Waals surface area contributed by atoms with Crippen molar-refractivity contribution in [3.63, 3.8) is 0 Å². The largest absolute Gasteiger partial charge is 0.490 e. The Labute approximate surface area is 270 Å². The van der Waals surface area contributed by atoms with Crippen LogP contribution in [-0.4, -0.2) is 27.4 Å². The van der Waals surface area contributed by atoms with Crippen molar-refractivity contribution in [1.29, 1.82) is 0 Å². The van der Waals surface area contributed by atoms with Gasteiger partial charge in [0.05, 0.1) is 38.7 Å². The molecule has 0 spiro atoms. The van der Waals surface area contributed by atoms with Gasteiger partial charge in [0, 0.05) is 22.0 Å². The van der Waals surface area contributed by atoms with Gasteiger partial charge in [-0.2, -0.15) is 9.78 Å². The van der Waals surface area contributed by atoms with E-state index in [2.05, 4.69) is 10.1 Å². The Kier molecular flexibility index (Phi) is 8.44. The van der Waals surface area contributed by atoms with E-state index in [1.54, 1.807) is 73.7 Å². The van der Waals surface area contributed by atoms with Crippen LogP contribution in [0.3, 0.4) is 0 Å². The van der Waals surface area contributed by atoms with E-state index in [4.69, 9.17) is 48.7 Å². The van der Waals surface area contributed by atoms with Crippen LogP contribution in [-0.2, 0) is 6.61 Å². The number of fused-ring (bicyclic) bond motifs is 2. The second-order valence-corrected chi connectivity index (χ2v) is 11.0. The Hall–Kier alpha value is -4.90. The molecule has 0 unspecified atom stereocenters. The number of nitro benzene ring substituents is 1. The molecule has 0 aliphatic heterocycles. The number of aromatic nitrogens is 2. The van der Waals surface area contributed by atoms with Crippen LogP contribution in [0.2, 0.25) is 15.1 Å². The summed E-state index contributed by atoms with van der Waals surface area (Å²) in [4.78, 5) is 29.9. The Bertz CT molecular complexity index is 2190. The minimum absolute atomic E-state index is 0.0323. The highest BCUT2D eigenvalue weighted by molar-refractivity contribution is 6.42. The molecule has 0 amide bonds. The Morgan fingerprint density at radius 2 is 1.82 bits per heavy atom. The molecule has 2 heterocycles. The molecule has 0 fully saturated rings. The molecular weight excluding hydrogens is 643 g/mol. The lowest BCUT2D eigenvalue weighted by Gasteiger charge is -2.13. The predicted molar refractivity (Wildman–Crippen MR) is 174 cm³/mol. The average molecular weight is 664 g/mol. The van der Waals surface area contributed by atoms with Crippen LogP contribution in [0, 0.1) is 10.1 Å². The molecule has 0 bridgehead atoms. The van der Waals surface area contributed by atoms with Gasteiger partial charge in [0.1, 0.15) is 12.2 Å². The van der Waals surface area contributed by atoms with Crippen LogP contribution in [0.1, 0.15) is 18.1 Å². The van der Waals surface area contributed by atoms with E-state index in [9.17, 15) is 14.9 Å². The van der Waals surface area contributed by atoms with E-state index in [-0.39, 0.29) is 47.5 Å². The number of para-hydroxylation sites is 1. The average Bonchev–Trinajstić information content (AvgIpc) is 3.44. The normalized spacial score (nSPS) is 11.5. The van der Waals surface area contributed by atoms with Crippen LogP contribution < -0.4 is 15.0 Å². The SMILES string of the molecule is CCOc1cc(C=Nn2c(-c3cc4cc(Cl)ccc4o3)nc3ccccc3c2=O)cc([N+](=O)[O-])c1OCc1ccc(Cl)c(Cl)c1. The second kappa shape index (κ2) is 12.6. The molecule has 4 aromatic carbocycles. The number of hydrogen-bond donors (Lipinski definition) is 0. The van der Waals surface area contributed by atoms with Crippen molar-refractivity contribution in [1.82, 2.24) is 9.66 Å². The van der Waals surface area contributed by atoms with E-state index < -0.39 is 10.5 Å². The summed E-state index contributed by atoms with van der Waals surface area (Å²) in [6.07, 6.45) is 1.30. The zero-order valence-electron chi connectivity index (χ0n) is 23.4. The molecule has 0 saturated heterocycles. The Morgan fingerprint density at radius 3 is 2.60 bits per heavy atom. The van der Waals surface area contributed by atoms with Crippen LogP contribution >= 0.6 is 34.8 Å². The summed E-state index contributed by atoms with van der Waals surface area (Å²) in [5, 5.41) is 18.8. The summed E-state index contributed by atoms with van der Waals surface area (Å²) in [6, 6.07) is 21.4. The fourth-order valence-electron chi connectivity index (χ4n) is 4.65. The zero-order valence-corrected chi connectivity index (χ0v) is 25.6. The molecule has 0 aliphatic carbocycles. The zero-order chi connectivity index (χ0) is 31.7. The van der Waals surface area contributed by atoms with Crippen molar-refractivity contribution in [2.45, 2.75) is 13.5 Å². The highest BCUT2D eigenvalue weighted by Gasteiger charge is 2.23. The van der Waals surface area contributed by atoms with Gasteiger partial charge in [0.2, 0.25) is 11.6 Å². The van der Waals surface area contributed by atoms with Crippen LogP contribution in [0.4, 0.5) is 5.69 Å². The minimum Gasteiger partial charge on any atom is -0.490 e. The van der Waals surface area contributed by atoms with Crippen molar-refractivity contribution in [2.75, 3.05) is 6.61 Å². The number of rotatable bonds is 9. The fraction of sp³-hybridized carbons (Fsp3) is 0.0938. The van der Waals surface area contributed by atoms with Crippen LogP contribution in [0.15, 0.2) is 93.2 Å². The van der Waals surface area contributed by atoms with Gasteiger partial charge in [-0.1, -0.05) is 53.0 Å². The highest BCUT2D eigenvalue weighted by Crippen LogP contribution is 2.39. The molecule has 10 nitrogen and oxygen atoms in total. The quantitative estimate of drug-likeness (QED) is 0.0863. The van der Waals surface area contributed by atoms with Gasteiger partial charge in [-0.05, 0) is 67.1 Å². The molecule has 0 saturated carbocycles. The van der Waals surface area contributed by atoms with Crippen molar-refractivity contribution in [3.8, 4) is 23.1 Å². The molecule has 2 aromatic heterocycles. The van der Waals surface area contributed by atoms with Crippen molar-refractivity contribution < 1.29 is 18.8 Å². The van der Waals surface area contributed by atoms with Gasteiger partial charge in [0.15, 0.2) is 11.5 Å². The summed E-state index contributed by atoms with van der Waals surface area (Å²) in [7, 11) is 0. The maximum Gasteiger partial charge on any atom is 0.315 e. The topological polar surface area (TPSA) is 122 Å². The number of nitrogens with zero attached hydrogens (tertiary/aromatic N) is 4. The number of ether oxygens (including phenoxy) is 2. The Balaban J connectivity index is 1.44. The van der Waals surface area contributed by atoms with Crippen molar-refractivity contribution in [3.05, 3.63) is 126 Å². The third kappa shape index (κ3) is 6.21. The third-order valence-electron chi connectivity index (χ3n) is 6.70. The second-order valence-electron chi connectivity index (χ2n) is 9.70. The molecule has 226 valence electrons. The number of benzene rings is 4. The fourth-order valence-corrected chi connectivity index (χ4v) is 5.15. The minimum atomic E-state index is -0.585. The summed E-state index contributed by atoms with van der Waals surface area (Å²) in [6.45, 7) is 1.91. The number of furan rings is 1. The first-order valence-electron chi connectivity index (χ1n) is 13.5. The van der Waals surface area contributed by atoms with Gasteiger partial charge < -0.3 is 13.9 Å². The summed E-state index contributed by atoms with van der Waals surface area (Å²) >= 11 is 18.3. The molecule has 0 atom stereocenters. The van der Waals surface area contributed by atoms with E-state index in [0.29, 0.717) is 42.5 Å². The first-order chi connectivity index (χ1) is 21.7. The molecule has 13 heteroatoms. The van der Waals surface area contributed by atoms with Crippen LogP contribution in [0.5, 0.6) is 11.5 Å². The van der Waals surface area contributed by atoms with Gasteiger partial charge >= 0.3 is 5.69 Å². The number of hydrogen-bond acceptors (Lipinski definition) is 8. The first kappa shape index (κ1) is 30.1. The van der Waals surface area contributed by atoms with Crippen LogP contribution in [0.25, 0.3) is 33.5 Å². The molecule has 0 radical (unpaired) electrons. The van der Waals surface area contributed by atoms with Gasteiger partial charge in [0.25, 0.3) is 5.56 Å². The van der Waals surface area contributed by atoms with Crippen molar-refractivity contribution >= 4 is 68.6 Å². The summed E-state index contributed by atoms with van der Waals surface area (Å²) < 4.78 is 18.7. The van der Waals surface area contributed by atoms with E-state index in [1.807, 2.05) is 0 Å². The molecule has 0 N–H and O–H groups in total. The lowest BCUT2D eigenvalue weighted by molar-refractivity contribution is -0.386. The maximum atomic E-state index is 13.7. The monoisotopic (exact) mass is 662 g/mol. The smallest absolute Gasteiger partial charge is 0.315 e. The van der Waals surface area contributed by atoms with Gasteiger partial charge in [-0.3, -0.25) is 14.9 Å². The summed E-state index contributed by atoms with van der Waals surface area (Å²) in [5.41, 5.74) is 1.08. The lowest BCUT2D eigenvalue weighted by atomic mass is 10.1. The molecule has 6 aromatic rings. The van der Waals surface area contributed by atoms with Gasteiger partial charge in [-0.15, -0.1) is 0 Å². The van der Waals surface area contributed by atoms with Gasteiger partial charge in [-0.25, -0.2) is 4.98 Å². The molecular formula is C32H21Cl3N4O6. The van der Waals surface area contributed by atoms with E-state index in [0.717, 1.165) is 4.68 Å². The summed E-state index contributed by atoms with van der Waals surface area (Å²) in [5.74, 6) is 0.450. The van der Waals surface area contributed by atoms with E-state index >= 15 is 0 Å². The maximum absolute atomic E-state index is 13.7. The first-order valence-corrected chi connectivity index (χ1v) is 14.6. The van der Waals surface area contributed by atoms with Crippen molar-refractivity contribution in [2.24, 2.45) is 5.10 Å². The highest BCUT2D eigenvalue weighted by atomic mass is 35.5. The lowest BCUT2D eigenvalue weighted by Crippen LogP contribution is -2.20. The molecule has 6 rings (SSSR count).